The van der Waals surface area contributed by atoms with Gasteiger partial charge in [-0.2, -0.15) is 0 Å². The number of aliphatic hydroxyl groups excluding tert-OH is 1. The smallest absolute Gasteiger partial charge is 0.187 e. The summed E-state index contributed by atoms with van der Waals surface area (Å²) in [5.74, 6) is -0.583. The molecule has 76 valence electrons. The minimum atomic E-state index is -0.957. The number of fused-ring (bicyclic) bond motifs is 1. The van der Waals surface area contributed by atoms with Crippen LogP contribution in [0.25, 0.3) is 0 Å². The molecule has 13 heavy (non-hydrogen) atoms. The second-order valence-corrected chi connectivity index (χ2v) is 3.94. The SMILES string of the molecule is CC1(C)O[C@@H]2O[C@H](C(N)O)C[C@@H]2O1. The third-order valence-electron chi connectivity index (χ3n) is 2.29. The molecule has 2 aliphatic heterocycles. The molecule has 5 nitrogen and oxygen atoms in total. The Bertz CT molecular complexity index is 190. The lowest BCUT2D eigenvalue weighted by molar-refractivity contribution is -0.213. The predicted octanol–water partition coefficient (Wildman–Crippen LogP) is -0.470. The van der Waals surface area contributed by atoms with Crippen LogP contribution in [0.15, 0.2) is 0 Å². The van der Waals surface area contributed by atoms with Gasteiger partial charge >= 0.3 is 0 Å². The van der Waals surface area contributed by atoms with Crippen molar-refractivity contribution in [3.63, 3.8) is 0 Å². The van der Waals surface area contributed by atoms with Gasteiger partial charge < -0.3 is 25.1 Å². The van der Waals surface area contributed by atoms with Crippen molar-refractivity contribution in [2.24, 2.45) is 5.73 Å². The number of rotatable bonds is 1. The molecule has 2 rings (SSSR count). The summed E-state index contributed by atoms with van der Waals surface area (Å²) in [4.78, 5) is 0. The first-order chi connectivity index (χ1) is 5.98. The summed E-state index contributed by atoms with van der Waals surface area (Å²) >= 11 is 0. The molecule has 1 unspecified atom stereocenters. The van der Waals surface area contributed by atoms with Crippen LogP contribution in [-0.4, -0.2) is 35.6 Å². The quantitative estimate of drug-likeness (QED) is 0.545. The van der Waals surface area contributed by atoms with Gasteiger partial charge in [0.25, 0.3) is 0 Å². The molecule has 5 heteroatoms. The van der Waals surface area contributed by atoms with E-state index in [1.807, 2.05) is 13.8 Å². The Labute approximate surface area is 76.8 Å². The normalized spacial score (nSPS) is 44.8. The highest BCUT2D eigenvalue weighted by Crippen LogP contribution is 2.37. The first-order valence-corrected chi connectivity index (χ1v) is 4.43. The van der Waals surface area contributed by atoms with Crippen LogP contribution in [0.5, 0.6) is 0 Å². The Hall–Kier alpha value is -0.200. The molecule has 0 saturated carbocycles. The van der Waals surface area contributed by atoms with Crippen molar-refractivity contribution >= 4 is 0 Å². The molecule has 0 aromatic rings. The zero-order valence-electron chi connectivity index (χ0n) is 7.77. The summed E-state index contributed by atoms with van der Waals surface area (Å²) in [5, 5.41) is 9.08. The molecule has 0 amide bonds. The predicted molar refractivity (Wildman–Crippen MR) is 43.5 cm³/mol. The Morgan fingerprint density at radius 2 is 2.15 bits per heavy atom. The Balaban J connectivity index is 1.97. The molecule has 0 aromatic heterocycles. The van der Waals surface area contributed by atoms with Crippen molar-refractivity contribution in [3.8, 4) is 0 Å². The molecule has 2 heterocycles. The van der Waals surface area contributed by atoms with E-state index in [4.69, 9.17) is 25.1 Å². The summed E-state index contributed by atoms with van der Waals surface area (Å²) in [6.07, 6.45) is -1.21. The zero-order chi connectivity index (χ0) is 9.64. The van der Waals surface area contributed by atoms with Crippen LogP contribution in [0.3, 0.4) is 0 Å². The highest BCUT2D eigenvalue weighted by Gasteiger charge is 2.49. The molecule has 2 fully saturated rings. The molecule has 0 radical (unpaired) electrons. The van der Waals surface area contributed by atoms with Gasteiger partial charge in [-0.3, -0.25) is 0 Å². The lowest BCUT2D eigenvalue weighted by Crippen LogP contribution is -2.36. The molecule has 0 spiro atoms. The fourth-order valence-electron chi connectivity index (χ4n) is 1.75. The van der Waals surface area contributed by atoms with Crippen molar-refractivity contribution in [2.45, 2.75) is 50.8 Å². The lowest BCUT2D eigenvalue weighted by atomic mass is 10.2. The van der Waals surface area contributed by atoms with Crippen LogP contribution in [0.1, 0.15) is 20.3 Å². The third kappa shape index (κ3) is 1.70. The maximum absolute atomic E-state index is 9.08. The second-order valence-electron chi connectivity index (χ2n) is 3.94. The molecular formula is C8H15NO4. The molecule has 4 atom stereocenters. The third-order valence-corrected chi connectivity index (χ3v) is 2.29. The van der Waals surface area contributed by atoms with Crippen LogP contribution in [-0.2, 0) is 14.2 Å². The Morgan fingerprint density at radius 3 is 2.69 bits per heavy atom. The minimum Gasteiger partial charge on any atom is -0.376 e. The van der Waals surface area contributed by atoms with Gasteiger partial charge in [-0.25, -0.2) is 0 Å². The van der Waals surface area contributed by atoms with Crippen LogP contribution < -0.4 is 5.73 Å². The standard InChI is InChI=1S/C8H15NO4/c1-8(2)12-5-3-4(6(9)10)11-7(5)13-8/h4-7,10H,3,9H2,1-2H3/t4-,5-,6?,7-/m0/s1. The van der Waals surface area contributed by atoms with E-state index in [1.54, 1.807) is 0 Å². The van der Waals surface area contributed by atoms with E-state index in [-0.39, 0.29) is 18.5 Å². The van der Waals surface area contributed by atoms with Crippen LogP contribution >= 0.6 is 0 Å². The molecule has 2 saturated heterocycles. The van der Waals surface area contributed by atoms with Gasteiger partial charge in [0.1, 0.15) is 18.4 Å². The average molecular weight is 189 g/mol. The first-order valence-electron chi connectivity index (χ1n) is 4.43. The number of ether oxygens (including phenoxy) is 3. The number of aliphatic hydroxyl groups is 1. The van der Waals surface area contributed by atoms with Gasteiger partial charge in [-0.1, -0.05) is 0 Å². The largest absolute Gasteiger partial charge is 0.376 e. The molecule has 3 N–H and O–H groups in total. The van der Waals surface area contributed by atoms with E-state index >= 15 is 0 Å². The van der Waals surface area contributed by atoms with Crippen LogP contribution in [0, 0.1) is 0 Å². The van der Waals surface area contributed by atoms with E-state index in [0.717, 1.165) is 0 Å². The van der Waals surface area contributed by atoms with Gasteiger partial charge in [-0.15, -0.1) is 0 Å². The van der Waals surface area contributed by atoms with Crippen molar-refractivity contribution in [3.05, 3.63) is 0 Å². The maximum atomic E-state index is 9.08. The van der Waals surface area contributed by atoms with Crippen molar-refractivity contribution < 1.29 is 19.3 Å². The summed E-state index contributed by atoms with van der Waals surface area (Å²) in [7, 11) is 0. The average Bonchev–Trinajstić information content (AvgIpc) is 2.39. The fourth-order valence-corrected chi connectivity index (χ4v) is 1.75. The minimum absolute atomic E-state index is 0.0989. The Morgan fingerprint density at radius 1 is 1.46 bits per heavy atom. The van der Waals surface area contributed by atoms with Crippen molar-refractivity contribution in [1.29, 1.82) is 0 Å². The first kappa shape index (κ1) is 9.36. The zero-order valence-corrected chi connectivity index (χ0v) is 7.77. The van der Waals surface area contributed by atoms with Crippen molar-refractivity contribution in [2.75, 3.05) is 0 Å². The number of hydrogen-bond donors (Lipinski definition) is 2. The number of nitrogens with two attached hydrogens (primary N) is 1. The lowest BCUT2D eigenvalue weighted by Gasteiger charge is -2.21. The monoisotopic (exact) mass is 189 g/mol. The van der Waals surface area contributed by atoms with E-state index < -0.39 is 12.0 Å². The summed E-state index contributed by atoms with van der Waals surface area (Å²) in [6, 6.07) is 0. The van der Waals surface area contributed by atoms with Gasteiger partial charge in [0, 0.05) is 6.42 Å². The van der Waals surface area contributed by atoms with Crippen LogP contribution in [0.2, 0.25) is 0 Å². The van der Waals surface area contributed by atoms with E-state index in [2.05, 4.69) is 0 Å². The maximum Gasteiger partial charge on any atom is 0.187 e. The fraction of sp³-hybridized carbons (Fsp3) is 1.00. The summed E-state index contributed by atoms with van der Waals surface area (Å²) < 4.78 is 16.3. The molecular weight excluding hydrogens is 174 g/mol. The van der Waals surface area contributed by atoms with Crippen LogP contribution in [0.4, 0.5) is 0 Å². The highest BCUT2D eigenvalue weighted by atomic mass is 16.8. The number of hydrogen-bond acceptors (Lipinski definition) is 5. The van der Waals surface area contributed by atoms with Gasteiger partial charge in [0.05, 0.1) is 0 Å². The molecule has 0 aromatic carbocycles. The van der Waals surface area contributed by atoms with E-state index in [9.17, 15) is 0 Å². The summed E-state index contributed by atoms with van der Waals surface area (Å²) in [6.45, 7) is 3.67. The molecule has 0 bridgehead atoms. The van der Waals surface area contributed by atoms with Gasteiger partial charge in [0.15, 0.2) is 12.1 Å². The Kier molecular flexibility index (Phi) is 2.08. The topological polar surface area (TPSA) is 73.9 Å². The van der Waals surface area contributed by atoms with Gasteiger partial charge in [0.2, 0.25) is 0 Å². The highest BCUT2D eigenvalue weighted by molar-refractivity contribution is 4.86. The van der Waals surface area contributed by atoms with Crippen molar-refractivity contribution in [1.82, 2.24) is 0 Å². The van der Waals surface area contributed by atoms with E-state index in [0.29, 0.717) is 6.42 Å². The molecule has 0 aliphatic carbocycles. The second kappa shape index (κ2) is 2.90. The van der Waals surface area contributed by atoms with E-state index in [1.165, 1.54) is 0 Å². The molecule has 2 aliphatic rings. The summed E-state index contributed by atoms with van der Waals surface area (Å²) in [5.41, 5.74) is 5.29. The van der Waals surface area contributed by atoms with Gasteiger partial charge in [-0.05, 0) is 13.8 Å².